The Kier molecular flexibility index (Phi) is 4.72. The van der Waals surface area contributed by atoms with Crippen molar-refractivity contribution in [3.63, 3.8) is 0 Å². The smallest absolute Gasteiger partial charge is 0.416 e. The van der Waals surface area contributed by atoms with Crippen molar-refractivity contribution >= 4 is 5.91 Å². The van der Waals surface area contributed by atoms with Gasteiger partial charge in [-0.15, -0.1) is 0 Å². The largest absolute Gasteiger partial charge is 0.454 e. The number of hydrogen-bond acceptors (Lipinski definition) is 3. The van der Waals surface area contributed by atoms with Gasteiger partial charge in [0.15, 0.2) is 11.5 Å². The molecule has 0 atom stereocenters. The minimum absolute atomic E-state index is 0.171. The second kappa shape index (κ2) is 7.12. The molecule has 0 aliphatic carbocycles. The van der Waals surface area contributed by atoms with Crippen LogP contribution in [0.4, 0.5) is 13.2 Å². The molecule has 2 N–H and O–H groups in total. The summed E-state index contributed by atoms with van der Waals surface area (Å²) >= 11 is 0. The van der Waals surface area contributed by atoms with E-state index in [1.807, 2.05) is 29.7 Å². The molecule has 30 heavy (non-hydrogen) atoms. The SMILES string of the molecule is Cc1c(C(N)=O)c(-c2ccc(C(F)(F)F)cc2)c(C)n1Cc1ccc2c(c1)OCO2. The van der Waals surface area contributed by atoms with Crippen LogP contribution < -0.4 is 15.2 Å². The Morgan fingerprint density at radius 1 is 1.03 bits per heavy atom. The van der Waals surface area contributed by atoms with E-state index in [0.717, 1.165) is 23.4 Å². The van der Waals surface area contributed by atoms with Gasteiger partial charge in [0.25, 0.3) is 5.91 Å². The fourth-order valence-corrected chi connectivity index (χ4v) is 3.82. The van der Waals surface area contributed by atoms with Crippen LogP contribution in [0, 0.1) is 13.8 Å². The van der Waals surface area contributed by atoms with E-state index >= 15 is 0 Å². The molecule has 1 amide bonds. The lowest BCUT2D eigenvalue weighted by atomic mass is 9.99. The summed E-state index contributed by atoms with van der Waals surface area (Å²) in [4.78, 5) is 12.2. The highest BCUT2D eigenvalue weighted by molar-refractivity contribution is 6.02. The number of carbonyl (C=O) groups excluding carboxylic acids is 1. The average Bonchev–Trinajstić information content (AvgIpc) is 3.25. The lowest BCUT2D eigenvalue weighted by molar-refractivity contribution is -0.137. The highest BCUT2D eigenvalue weighted by Crippen LogP contribution is 2.37. The molecule has 5 nitrogen and oxygen atoms in total. The number of benzene rings is 2. The molecule has 0 spiro atoms. The molecule has 8 heteroatoms. The van der Waals surface area contributed by atoms with Crippen molar-refractivity contribution in [2.24, 2.45) is 5.73 Å². The van der Waals surface area contributed by atoms with E-state index in [9.17, 15) is 18.0 Å². The molecule has 3 aromatic rings. The molecule has 0 saturated heterocycles. The molecular weight excluding hydrogens is 397 g/mol. The normalized spacial score (nSPS) is 13.0. The van der Waals surface area contributed by atoms with Gasteiger partial charge in [-0.3, -0.25) is 4.79 Å². The first-order valence-electron chi connectivity index (χ1n) is 9.22. The Morgan fingerprint density at radius 3 is 2.33 bits per heavy atom. The van der Waals surface area contributed by atoms with Crippen LogP contribution in [0.2, 0.25) is 0 Å². The van der Waals surface area contributed by atoms with Crippen LogP contribution in [0.5, 0.6) is 11.5 Å². The molecule has 2 aromatic carbocycles. The molecule has 1 aliphatic heterocycles. The highest BCUT2D eigenvalue weighted by atomic mass is 19.4. The zero-order chi connectivity index (χ0) is 21.6. The highest BCUT2D eigenvalue weighted by Gasteiger charge is 2.30. The van der Waals surface area contributed by atoms with Gasteiger partial charge in [-0.05, 0) is 49.2 Å². The van der Waals surface area contributed by atoms with Crippen LogP contribution >= 0.6 is 0 Å². The maximum absolute atomic E-state index is 12.9. The van der Waals surface area contributed by atoms with Gasteiger partial charge in [0.05, 0.1) is 11.1 Å². The summed E-state index contributed by atoms with van der Waals surface area (Å²) in [7, 11) is 0. The Morgan fingerprint density at radius 2 is 1.70 bits per heavy atom. The molecule has 0 bridgehead atoms. The van der Waals surface area contributed by atoms with Gasteiger partial charge < -0.3 is 19.8 Å². The molecule has 0 unspecified atom stereocenters. The van der Waals surface area contributed by atoms with Gasteiger partial charge in [-0.1, -0.05) is 18.2 Å². The topological polar surface area (TPSA) is 66.5 Å². The third-order valence-electron chi connectivity index (χ3n) is 5.31. The predicted molar refractivity (Wildman–Crippen MR) is 105 cm³/mol. The number of aromatic nitrogens is 1. The van der Waals surface area contributed by atoms with Crippen LogP contribution in [-0.2, 0) is 12.7 Å². The first-order valence-corrected chi connectivity index (χ1v) is 9.22. The minimum Gasteiger partial charge on any atom is -0.454 e. The predicted octanol–water partition coefficient (Wildman–Crippen LogP) is 4.67. The lowest BCUT2D eigenvalue weighted by Crippen LogP contribution is -2.13. The molecule has 0 fully saturated rings. The number of fused-ring (bicyclic) bond motifs is 1. The molecule has 4 rings (SSSR count). The molecule has 156 valence electrons. The van der Waals surface area contributed by atoms with E-state index in [1.54, 1.807) is 6.92 Å². The van der Waals surface area contributed by atoms with E-state index in [0.29, 0.717) is 40.4 Å². The van der Waals surface area contributed by atoms with E-state index < -0.39 is 17.6 Å². The van der Waals surface area contributed by atoms with Crippen molar-refractivity contribution in [2.75, 3.05) is 6.79 Å². The van der Waals surface area contributed by atoms with Crippen molar-refractivity contribution in [1.82, 2.24) is 4.57 Å². The summed E-state index contributed by atoms with van der Waals surface area (Å²) in [6, 6.07) is 10.3. The van der Waals surface area contributed by atoms with Crippen molar-refractivity contribution < 1.29 is 27.4 Å². The second-order valence-electron chi connectivity index (χ2n) is 7.13. The number of alkyl halides is 3. The number of ether oxygens (including phenoxy) is 2. The van der Waals surface area contributed by atoms with Crippen LogP contribution in [-0.4, -0.2) is 17.3 Å². The van der Waals surface area contributed by atoms with Crippen molar-refractivity contribution in [3.05, 3.63) is 70.5 Å². The van der Waals surface area contributed by atoms with Gasteiger partial charge in [-0.2, -0.15) is 13.2 Å². The zero-order valence-corrected chi connectivity index (χ0v) is 16.3. The number of nitrogens with two attached hydrogens (primary N) is 1. The Bertz CT molecular complexity index is 1130. The standard InChI is InChI=1S/C22H19F3N2O3/c1-12-19(15-4-6-16(7-5-15)22(23,24)25)20(21(26)28)13(2)27(12)10-14-3-8-17-18(9-14)30-11-29-17/h3-9H,10-11H2,1-2H3,(H2,26,28). The zero-order valence-electron chi connectivity index (χ0n) is 16.3. The first-order chi connectivity index (χ1) is 14.2. The quantitative estimate of drug-likeness (QED) is 0.672. The fourth-order valence-electron chi connectivity index (χ4n) is 3.82. The molecule has 1 aromatic heterocycles. The summed E-state index contributed by atoms with van der Waals surface area (Å²) in [6.07, 6.45) is -4.43. The molecule has 2 heterocycles. The monoisotopic (exact) mass is 416 g/mol. The summed E-state index contributed by atoms with van der Waals surface area (Å²) < 4.78 is 51.4. The third-order valence-corrected chi connectivity index (χ3v) is 5.31. The van der Waals surface area contributed by atoms with E-state index in [2.05, 4.69) is 0 Å². The summed E-state index contributed by atoms with van der Waals surface area (Å²) in [5.74, 6) is 0.686. The van der Waals surface area contributed by atoms with Gasteiger partial charge in [0.2, 0.25) is 6.79 Å². The number of halogens is 3. The lowest BCUT2D eigenvalue weighted by Gasteiger charge is -2.11. The number of amides is 1. The summed E-state index contributed by atoms with van der Waals surface area (Å²) in [6.45, 7) is 4.20. The van der Waals surface area contributed by atoms with Gasteiger partial charge in [0.1, 0.15) is 0 Å². The molecule has 1 aliphatic rings. The number of rotatable bonds is 4. The maximum Gasteiger partial charge on any atom is 0.416 e. The van der Waals surface area contributed by atoms with Crippen LogP contribution in [0.1, 0.15) is 32.9 Å². The second-order valence-corrected chi connectivity index (χ2v) is 7.13. The minimum atomic E-state index is -4.43. The fraction of sp³-hybridized carbons (Fsp3) is 0.227. The number of hydrogen-bond donors (Lipinski definition) is 1. The van der Waals surface area contributed by atoms with E-state index in [4.69, 9.17) is 15.2 Å². The Hall–Kier alpha value is -3.42. The maximum atomic E-state index is 12.9. The van der Waals surface area contributed by atoms with Crippen molar-refractivity contribution in [1.29, 1.82) is 0 Å². The van der Waals surface area contributed by atoms with Crippen LogP contribution in [0.15, 0.2) is 42.5 Å². The van der Waals surface area contributed by atoms with Gasteiger partial charge in [0, 0.05) is 23.5 Å². The number of primary amides is 1. The Balaban J connectivity index is 1.77. The van der Waals surface area contributed by atoms with Crippen molar-refractivity contribution in [2.45, 2.75) is 26.6 Å². The summed E-state index contributed by atoms with van der Waals surface area (Å²) in [5.41, 5.74) is 8.53. The van der Waals surface area contributed by atoms with E-state index in [-0.39, 0.29) is 6.79 Å². The van der Waals surface area contributed by atoms with E-state index in [1.165, 1.54) is 12.1 Å². The van der Waals surface area contributed by atoms with Crippen LogP contribution in [0.25, 0.3) is 11.1 Å². The van der Waals surface area contributed by atoms with Crippen molar-refractivity contribution in [3.8, 4) is 22.6 Å². The summed E-state index contributed by atoms with van der Waals surface area (Å²) in [5, 5.41) is 0. The van der Waals surface area contributed by atoms with Crippen LogP contribution in [0.3, 0.4) is 0 Å². The van der Waals surface area contributed by atoms with Gasteiger partial charge in [-0.25, -0.2) is 0 Å². The average molecular weight is 416 g/mol. The third kappa shape index (κ3) is 3.38. The molecular formula is C22H19F3N2O3. The first kappa shape index (κ1) is 19.9. The Labute approximate surface area is 170 Å². The van der Waals surface area contributed by atoms with Gasteiger partial charge >= 0.3 is 6.18 Å². The number of carbonyl (C=O) groups is 1. The molecule has 0 radical (unpaired) electrons. The molecule has 0 saturated carbocycles. The number of nitrogens with zero attached hydrogens (tertiary/aromatic N) is 1.